The lowest BCUT2D eigenvalue weighted by molar-refractivity contribution is 0.0697. The summed E-state index contributed by atoms with van der Waals surface area (Å²) in [7, 11) is 0. The molecule has 5 nitrogen and oxygen atoms in total. The largest absolute Gasteiger partial charge is 0.478 e. The SMILES string of the molecule is CC(Nc1nccc2c1N(Cc1cccc(Cl)c1)CCC2)c1ccc(C(=O)O)cc1. The zero-order valence-electron chi connectivity index (χ0n) is 16.8. The summed E-state index contributed by atoms with van der Waals surface area (Å²) in [6, 6.07) is 17.0. The van der Waals surface area contributed by atoms with Gasteiger partial charge in [-0.15, -0.1) is 0 Å². The van der Waals surface area contributed by atoms with Crippen molar-refractivity contribution in [1.29, 1.82) is 0 Å². The molecule has 4 rings (SSSR count). The second-order valence-corrected chi connectivity index (χ2v) is 8.05. The summed E-state index contributed by atoms with van der Waals surface area (Å²) in [6.07, 6.45) is 3.98. The number of halogens is 1. The minimum atomic E-state index is -0.919. The van der Waals surface area contributed by atoms with E-state index in [-0.39, 0.29) is 11.6 Å². The molecule has 6 heteroatoms. The molecule has 0 fully saturated rings. The van der Waals surface area contributed by atoms with Gasteiger partial charge in [0.2, 0.25) is 0 Å². The van der Waals surface area contributed by atoms with Crippen molar-refractivity contribution in [3.05, 3.63) is 88.1 Å². The molecule has 1 aromatic heterocycles. The molecule has 0 saturated heterocycles. The van der Waals surface area contributed by atoms with E-state index < -0.39 is 5.97 Å². The van der Waals surface area contributed by atoms with E-state index in [9.17, 15) is 4.79 Å². The zero-order valence-corrected chi connectivity index (χ0v) is 17.6. The fourth-order valence-electron chi connectivity index (χ4n) is 3.94. The highest BCUT2D eigenvalue weighted by atomic mass is 35.5. The summed E-state index contributed by atoms with van der Waals surface area (Å²) >= 11 is 6.18. The number of anilines is 2. The number of pyridine rings is 1. The Morgan fingerprint density at radius 2 is 2.03 bits per heavy atom. The lowest BCUT2D eigenvalue weighted by atomic mass is 10.0. The molecule has 154 valence electrons. The van der Waals surface area contributed by atoms with Gasteiger partial charge in [0.1, 0.15) is 5.82 Å². The van der Waals surface area contributed by atoms with Gasteiger partial charge in [-0.2, -0.15) is 0 Å². The van der Waals surface area contributed by atoms with Crippen molar-refractivity contribution in [3.63, 3.8) is 0 Å². The van der Waals surface area contributed by atoms with Crippen LogP contribution in [0.5, 0.6) is 0 Å². The molecule has 2 aromatic carbocycles. The molecule has 0 saturated carbocycles. The Morgan fingerprint density at radius 1 is 1.23 bits per heavy atom. The Bertz CT molecular complexity index is 1050. The number of carboxylic acid groups (broad SMARTS) is 1. The van der Waals surface area contributed by atoms with E-state index >= 15 is 0 Å². The van der Waals surface area contributed by atoms with Gasteiger partial charge in [0.25, 0.3) is 0 Å². The molecule has 2 N–H and O–H groups in total. The predicted octanol–water partition coefficient (Wildman–Crippen LogP) is 5.56. The number of nitrogens with one attached hydrogen (secondary N) is 1. The van der Waals surface area contributed by atoms with E-state index in [0.717, 1.165) is 48.0 Å². The number of aromatic carboxylic acids is 1. The number of hydrogen-bond donors (Lipinski definition) is 2. The second-order valence-electron chi connectivity index (χ2n) is 7.62. The molecule has 0 aliphatic carbocycles. The molecule has 0 bridgehead atoms. The van der Waals surface area contributed by atoms with Crippen molar-refractivity contribution >= 4 is 29.1 Å². The Morgan fingerprint density at radius 3 is 2.77 bits per heavy atom. The number of carbonyl (C=O) groups is 1. The molecule has 0 amide bonds. The molecule has 2 heterocycles. The summed E-state index contributed by atoms with van der Waals surface area (Å²) in [5.41, 5.74) is 4.89. The summed E-state index contributed by atoms with van der Waals surface area (Å²) < 4.78 is 0. The number of benzene rings is 2. The van der Waals surface area contributed by atoms with Crippen LogP contribution in [0.2, 0.25) is 5.02 Å². The fourth-order valence-corrected chi connectivity index (χ4v) is 4.16. The summed E-state index contributed by atoms with van der Waals surface area (Å²) in [6.45, 7) is 3.79. The number of nitrogens with zero attached hydrogens (tertiary/aromatic N) is 2. The Hall–Kier alpha value is -3.05. The summed E-state index contributed by atoms with van der Waals surface area (Å²) in [5.74, 6) is -0.0679. The molecule has 1 unspecified atom stereocenters. The van der Waals surface area contributed by atoms with E-state index in [1.54, 1.807) is 12.1 Å². The third-order valence-electron chi connectivity index (χ3n) is 5.47. The number of carboxylic acids is 1. The maximum Gasteiger partial charge on any atom is 0.335 e. The topological polar surface area (TPSA) is 65.5 Å². The van der Waals surface area contributed by atoms with Gasteiger partial charge in [0, 0.05) is 24.3 Å². The lowest BCUT2D eigenvalue weighted by Gasteiger charge is -2.33. The van der Waals surface area contributed by atoms with Gasteiger partial charge in [-0.3, -0.25) is 0 Å². The van der Waals surface area contributed by atoms with E-state index in [1.165, 1.54) is 11.1 Å². The minimum Gasteiger partial charge on any atom is -0.478 e. The van der Waals surface area contributed by atoms with E-state index in [4.69, 9.17) is 16.7 Å². The number of fused-ring (bicyclic) bond motifs is 1. The minimum absolute atomic E-state index is 0.0122. The Labute approximate surface area is 181 Å². The fraction of sp³-hybridized carbons (Fsp3) is 0.250. The normalized spacial score (nSPS) is 14.1. The van der Waals surface area contributed by atoms with Crippen LogP contribution in [0.1, 0.15) is 46.4 Å². The average molecular weight is 422 g/mol. The van der Waals surface area contributed by atoms with Crippen LogP contribution in [0, 0.1) is 0 Å². The zero-order chi connectivity index (χ0) is 21.1. The standard InChI is InChI=1S/C24H24ClN3O2/c1-16(18-7-9-20(10-8-18)24(29)30)27-23-22-19(11-12-26-23)5-3-13-28(22)15-17-4-2-6-21(25)14-17/h2,4,6-12,14,16H,3,5,13,15H2,1H3,(H,26,27)(H,29,30). The molecule has 30 heavy (non-hydrogen) atoms. The van der Waals surface area contributed by atoms with E-state index in [0.29, 0.717) is 0 Å². The number of aromatic nitrogens is 1. The molecule has 0 spiro atoms. The van der Waals surface area contributed by atoms with Gasteiger partial charge in [-0.05, 0) is 66.8 Å². The molecule has 0 radical (unpaired) electrons. The van der Waals surface area contributed by atoms with Crippen LogP contribution < -0.4 is 10.2 Å². The third-order valence-corrected chi connectivity index (χ3v) is 5.71. The first kappa shape index (κ1) is 20.2. The van der Waals surface area contributed by atoms with Crippen LogP contribution in [0.3, 0.4) is 0 Å². The van der Waals surface area contributed by atoms with Crippen LogP contribution in [-0.2, 0) is 13.0 Å². The molecule has 1 aliphatic rings. The van der Waals surface area contributed by atoms with Crippen LogP contribution in [-0.4, -0.2) is 22.6 Å². The Balaban J connectivity index is 1.59. The molecular weight excluding hydrogens is 398 g/mol. The first-order valence-electron chi connectivity index (χ1n) is 10.1. The van der Waals surface area contributed by atoms with Crippen molar-refractivity contribution in [3.8, 4) is 0 Å². The van der Waals surface area contributed by atoms with Crippen molar-refractivity contribution in [2.75, 3.05) is 16.8 Å². The van der Waals surface area contributed by atoms with Crippen molar-refractivity contribution in [1.82, 2.24) is 4.98 Å². The number of rotatable bonds is 6. The van der Waals surface area contributed by atoms with Crippen LogP contribution in [0.4, 0.5) is 11.5 Å². The van der Waals surface area contributed by atoms with Gasteiger partial charge in [0.05, 0.1) is 17.3 Å². The predicted molar refractivity (Wildman–Crippen MR) is 120 cm³/mol. The smallest absolute Gasteiger partial charge is 0.335 e. The molecular formula is C24H24ClN3O2. The van der Waals surface area contributed by atoms with Gasteiger partial charge in [-0.1, -0.05) is 35.9 Å². The first-order valence-corrected chi connectivity index (χ1v) is 10.5. The van der Waals surface area contributed by atoms with Crippen LogP contribution in [0.25, 0.3) is 0 Å². The van der Waals surface area contributed by atoms with Crippen molar-refractivity contribution < 1.29 is 9.90 Å². The Kier molecular flexibility index (Phi) is 5.91. The summed E-state index contributed by atoms with van der Waals surface area (Å²) in [5, 5.41) is 13.4. The van der Waals surface area contributed by atoms with Crippen molar-refractivity contribution in [2.24, 2.45) is 0 Å². The maximum atomic E-state index is 11.1. The van der Waals surface area contributed by atoms with E-state index in [2.05, 4.69) is 34.3 Å². The van der Waals surface area contributed by atoms with Gasteiger partial charge in [-0.25, -0.2) is 9.78 Å². The number of hydrogen-bond acceptors (Lipinski definition) is 4. The highest BCUT2D eigenvalue weighted by Gasteiger charge is 2.22. The maximum absolute atomic E-state index is 11.1. The van der Waals surface area contributed by atoms with Gasteiger partial charge in [0.15, 0.2) is 0 Å². The molecule has 1 atom stereocenters. The van der Waals surface area contributed by atoms with Gasteiger partial charge < -0.3 is 15.3 Å². The molecule has 3 aromatic rings. The molecule has 1 aliphatic heterocycles. The third kappa shape index (κ3) is 4.41. The quantitative estimate of drug-likeness (QED) is 0.545. The number of aryl methyl sites for hydroxylation is 1. The average Bonchev–Trinajstić information content (AvgIpc) is 2.74. The van der Waals surface area contributed by atoms with E-state index in [1.807, 2.05) is 36.5 Å². The van der Waals surface area contributed by atoms with Crippen LogP contribution in [0.15, 0.2) is 60.8 Å². The lowest BCUT2D eigenvalue weighted by Crippen LogP contribution is -2.30. The van der Waals surface area contributed by atoms with Gasteiger partial charge >= 0.3 is 5.97 Å². The first-order chi connectivity index (χ1) is 14.5. The summed E-state index contributed by atoms with van der Waals surface area (Å²) in [4.78, 5) is 18.1. The monoisotopic (exact) mass is 421 g/mol. The highest BCUT2D eigenvalue weighted by molar-refractivity contribution is 6.30. The second kappa shape index (κ2) is 8.76. The van der Waals surface area contributed by atoms with Crippen molar-refractivity contribution in [2.45, 2.75) is 32.4 Å². The van der Waals surface area contributed by atoms with Crippen LogP contribution >= 0.6 is 11.6 Å². The highest BCUT2D eigenvalue weighted by Crippen LogP contribution is 2.36.